The number of amides is 1. The lowest BCUT2D eigenvalue weighted by atomic mass is 9.74. The highest BCUT2D eigenvalue weighted by atomic mass is 32.1. The molecule has 1 saturated carbocycles. The first-order valence-corrected chi connectivity index (χ1v) is 11.7. The van der Waals surface area contributed by atoms with Gasteiger partial charge in [0.1, 0.15) is 22.8 Å². The average molecular weight is 471 g/mol. The molecule has 1 amide bonds. The van der Waals surface area contributed by atoms with Gasteiger partial charge in [-0.2, -0.15) is 0 Å². The van der Waals surface area contributed by atoms with Gasteiger partial charge in [-0.1, -0.05) is 36.5 Å². The van der Waals surface area contributed by atoms with Crippen LogP contribution in [-0.4, -0.2) is 35.9 Å². The predicted molar refractivity (Wildman–Crippen MR) is 118 cm³/mol. The Balaban J connectivity index is 1.66. The second-order valence-electron chi connectivity index (χ2n) is 8.79. The first-order valence-electron chi connectivity index (χ1n) is 10.9. The number of benzene rings is 1. The van der Waals surface area contributed by atoms with Crippen molar-refractivity contribution < 1.29 is 28.2 Å². The molecule has 0 bridgehead atoms. The highest BCUT2D eigenvalue weighted by Crippen LogP contribution is 2.50. The molecular formula is C24H23FN2O5S. The molecule has 1 aromatic heterocycles. The van der Waals surface area contributed by atoms with Crippen LogP contribution < -0.4 is 4.90 Å². The van der Waals surface area contributed by atoms with E-state index in [0.29, 0.717) is 24.5 Å². The van der Waals surface area contributed by atoms with Crippen LogP contribution in [0.3, 0.4) is 0 Å². The number of carbonyl (C=O) groups excluding carboxylic acids is 3. The van der Waals surface area contributed by atoms with Crippen molar-refractivity contribution in [3.8, 4) is 0 Å². The molecule has 1 aromatic carbocycles. The third-order valence-electron chi connectivity index (χ3n) is 6.67. The van der Waals surface area contributed by atoms with Crippen molar-refractivity contribution in [3.05, 3.63) is 57.5 Å². The van der Waals surface area contributed by atoms with Crippen LogP contribution in [0.2, 0.25) is 0 Å². The number of esters is 1. The van der Waals surface area contributed by atoms with Crippen LogP contribution in [0.4, 0.5) is 9.52 Å². The molecule has 0 spiro atoms. The highest BCUT2D eigenvalue weighted by Gasteiger charge is 2.54. The fourth-order valence-corrected chi connectivity index (χ4v) is 6.04. The summed E-state index contributed by atoms with van der Waals surface area (Å²) in [7, 11) is 1.26. The largest absolute Gasteiger partial charge is 0.483 e. The van der Waals surface area contributed by atoms with Gasteiger partial charge >= 0.3 is 5.97 Å². The summed E-state index contributed by atoms with van der Waals surface area (Å²) in [6.45, 7) is 3.73. The first-order chi connectivity index (χ1) is 15.8. The molecule has 3 heterocycles. The monoisotopic (exact) mass is 470 g/mol. The number of aryl methyl sites for hydroxylation is 1. The maximum absolute atomic E-state index is 15.0. The summed E-state index contributed by atoms with van der Waals surface area (Å²) in [6.07, 6.45) is 1.91. The molecular weight excluding hydrogens is 447 g/mol. The van der Waals surface area contributed by atoms with Crippen molar-refractivity contribution in [2.24, 2.45) is 11.8 Å². The number of ketones is 1. The van der Waals surface area contributed by atoms with Gasteiger partial charge in [0.2, 0.25) is 0 Å². The number of rotatable bonds is 3. The molecule has 0 saturated heterocycles. The Bertz CT molecular complexity index is 1210. The smallest absolute Gasteiger partial charge is 0.350 e. The van der Waals surface area contributed by atoms with Gasteiger partial charge in [0.25, 0.3) is 5.91 Å². The van der Waals surface area contributed by atoms with E-state index >= 15 is 4.39 Å². The van der Waals surface area contributed by atoms with Crippen molar-refractivity contribution in [1.29, 1.82) is 0 Å². The zero-order chi connectivity index (χ0) is 23.4. The summed E-state index contributed by atoms with van der Waals surface area (Å²) in [5.41, 5.74) is 0.747. The number of carbonyl (C=O) groups is 3. The fraction of sp³-hybridized carbons (Fsp3) is 0.417. The van der Waals surface area contributed by atoms with Gasteiger partial charge in [0.05, 0.1) is 24.3 Å². The number of aromatic nitrogens is 1. The molecule has 7 nitrogen and oxygen atoms in total. The molecule has 0 N–H and O–H groups in total. The Hall–Kier alpha value is -3.07. The zero-order valence-electron chi connectivity index (χ0n) is 18.5. The van der Waals surface area contributed by atoms with Gasteiger partial charge in [0, 0.05) is 5.56 Å². The van der Waals surface area contributed by atoms with Crippen LogP contribution in [-0.2, 0) is 19.1 Å². The summed E-state index contributed by atoms with van der Waals surface area (Å²) in [5, 5.41) is 0.188. The van der Waals surface area contributed by atoms with E-state index in [1.54, 1.807) is 25.1 Å². The second-order valence-corrected chi connectivity index (χ2v) is 9.77. The molecule has 2 aromatic rings. The zero-order valence-corrected chi connectivity index (χ0v) is 19.3. The molecule has 9 heteroatoms. The van der Waals surface area contributed by atoms with Crippen LogP contribution in [0.1, 0.15) is 53.2 Å². The van der Waals surface area contributed by atoms with Crippen LogP contribution in [0.25, 0.3) is 0 Å². The third-order valence-corrected chi connectivity index (χ3v) is 7.81. The number of ether oxygens (including phenoxy) is 2. The Labute approximate surface area is 194 Å². The maximum Gasteiger partial charge on any atom is 0.350 e. The summed E-state index contributed by atoms with van der Waals surface area (Å²) in [5.74, 6) is -1.86. The number of hydrogen-bond acceptors (Lipinski definition) is 7. The van der Waals surface area contributed by atoms with Crippen molar-refractivity contribution >= 4 is 34.1 Å². The van der Waals surface area contributed by atoms with E-state index < -0.39 is 23.7 Å². The summed E-state index contributed by atoms with van der Waals surface area (Å²) in [6, 6.07) is 5.04. The van der Waals surface area contributed by atoms with Crippen LogP contribution >= 0.6 is 11.3 Å². The molecule has 3 aliphatic rings. The van der Waals surface area contributed by atoms with E-state index in [-0.39, 0.29) is 44.7 Å². The number of methoxy groups -OCH3 is 1. The van der Waals surface area contributed by atoms with Gasteiger partial charge in [-0.05, 0) is 38.2 Å². The van der Waals surface area contributed by atoms with Gasteiger partial charge in [0.15, 0.2) is 16.7 Å². The Morgan fingerprint density at radius 3 is 2.76 bits per heavy atom. The van der Waals surface area contributed by atoms with Crippen LogP contribution in [0, 0.1) is 24.6 Å². The Morgan fingerprint density at radius 2 is 2.03 bits per heavy atom. The van der Waals surface area contributed by atoms with Crippen LogP contribution in [0.15, 0.2) is 35.6 Å². The average Bonchev–Trinajstić information content (AvgIpc) is 3.31. The minimum Gasteiger partial charge on any atom is -0.483 e. The Kier molecular flexibility index (Phi) is 5.31. The van der Waals surface area contributed by atoms with E-state index in [1.165, 1.54) is 18.1 Å². The standard InChI is InChI=1S/C24H23FN2O5S/c1-11-8-9-16-14(10-11)19(28)17-18(13-6-4-5-7-15(13)25)27(22(29)20(17)32-16)24-26-12(2)21(33-24)23(30)31-3/h4-7,11,14,16,18H,8-10H2,1-3H3. The van der Waals surface area contributed by atoms with Crippen LogP contribution in [0.5, 0.6) is 0 Å². The lowest BCUT2D eigenvalue weighted by Gasteiger charge is -2.37. The van der Waals surface area contributed by atoms with Crippen molar-refractivity contribution in [2.45, 2.75) is 45.3 Å². The van der Waals surface area contributed by atoms with Gasteiger partial charge in [-0.25, -0.2) is 14.2 Å². The molecule has 172 valence electrons. The first kappa shape index (κ1) is 21.8. The molecule has 2 aliphatic heterocycles. The summed E-state index contributed by atoms with van der Waals surface area (Å²) < 4.78 is 25.9. The predicted octanol–water partition coefficient (Wildman–Crippen LogP) is 4.12. The lowest BCUT2D eigenvalue weighted by molar-refractivity contribution is -0.132. The number of Topliss-reactive ketones (excluding diaryl/α,β-unsaturated/α-hetero) is 1. The van der Waals surface area contributed by atoms with E-state index in [0.717, 1.165) is 17.8 Å². The molecule has 4 atom stereocenters. The van der Waals surface area contributed by atoms with Gasteiger partial charge < -0.3 is 9.47 Å². The molecule has 1 aliphatic carbocycles. The van der Waals surface area contributed by atoms with E-state index in [9.17, 15) is 14.4 Å². The van der Waals surface area contributed by atoms with Crippen molar-refractivity contribution in [1.82, 2.24) is 4.98 Å². The number of fused-ring (bicyclic) bond motifs is 1. The highest BCUT2D eigenvalue weighted by molar-refractivity contribution is 7.17. The fourth-order valence-electron chi connectivity index (χ4n) is 5.03. The summed E-state index contributed by atoms with van der Waals surface area (Å²) >= 11 is 0.973. The third kappa shape index (κ3) is 3.37. The van der Waals surface area contributed by atoms with E-state index in [4.69, 9.17) is 9.47 Å². The van der Waals surface area contributed by atoms with Crippen molar-refractivity contribution in [3.63, 3.8) is 0 Å². The van der Waals surface area contributed by atoms with E-state index in [1.807, 2.05) is 0 Å². The van der Waals surface area contributed by atoms with Gasteiger partial charge in [-0.15, -0.1) is 0 Å². The Morgan fingerprint density at radius 1 is 1.27 bits per heavy atom. The molecule has 4 unspecified atom stereocenters. The van der Waals surface area contributed by atoms with E-state index in [2.05, 4.69) is 11.9 Å². The molecule has 0 radical (unpaired) electrons. The quantitative estimate of drug-likeness (QED) is 0.628. The molecule has 5 rings (SSSR count). The number of nitrogens with zero attached hydrogens (tertiary/aromatic N) is 2. The number of hydrogen-bond donors (Lipinski definition) is 0. The SMILES string of the molecule is COC(=O)c1sc(N2C(=O)C3=C(C(=O)C4CC(C)CCC4O3)C2c2ccccc2F)nc1C. The number of halogens is 1. The van der Waals surface area contributed by atoms with Crippen molar-refractivity contribution in [2.75, 3.05) is 12.0 Å². The summed E-state index contributed by atoms with van der Waals surface area (Å²) in [4.78, 5) is 45.4. The number of thiazole rings is 1. The molecule has 1 fully saturated rings. The normalized spacial score (nSPS) is 26.7. The maximum atomic E-state index is 15.0. The topological polar surface area (TPSA) is 85.8 Å². The number of anilines is 1. The second kappa shape index (κ2) is 8.06. The molecule has 33 heavy (non-hydrogen) atoms. The minimum atomic E-state index is -1.02. The minimum absolute atomic E-state index is 0.0310. The lowest BCUT2D eigenvalue weighted by Crippen LogP contribution is -2.41. The van der Waals surface area contributed by atoms with Gasteiger partial charge in [-0.3, -0.25) is 14.5 Å².